The van der Waals surface area contributed by atoms with Crippen LogP contribution in [0.4, 0.5) is 0 Å². The lowest BCUT2D eigenvalue weighted by atomic mass is 10.1. The maximum Gasteiger partial charge on any atom is 0.0584 e. The molecule has 1 heterocycles. The van der Waals surface area contributed by atoms with Gasteiger partial charge in [-0.1, -0.05) is 37.1 Å². The van der Waals surface area contributed by atoms with Crippen LogP contribution in [0.25, 0.3) is 10.1 Å². The Labute approximate surface area is 117 Å². The van der Waals surface area contributed by atoms with Crippen molar-refractivity contribution < 1.29 is 0 Å². The van der Waals surface area contributed by atoms with Crippen LogP contribution in [0.5, 0.6) is 0 Å². The highest BCUT2D eigenvalue weighted by molar-refractivity contribution is 7.20. The molecule has 1 aliphatic carbocycles. The van der Waals surface area contributed by atoms with Crippen LogP contribution >= 0.6 is 22.9 Å². The maximum atomic E-state index is 6.31. The maximum absolute atomic E-state index is 6.31. The Bertz CT molecular complexity index is 557. The number of hydrogen-bond donors (Lipinski definition) is 1. The van der Waals surface area contributed by atoms with Crippen molar-refractivity contribution in [1.29, 1.82) is 0 Å². The molecule has 1 fully saturated rings. The first-order chi connectivity index (χ1) is 8.79. The van der Waals surface area contributed by atoms with E-state index < -0.39 is 0 Å². The highest BCUT2D eigenvalue weighted by Gasteiger charge is 2.21. The number of hydrogen-bond acceptors (Lipinski definition) is 2. The first-order valence-corrected chi connectivity index (χ1v) is 7.91. The van der Waals surface area contributed by atoms with Crippen LogP contribution in [0, 0.1) is 0 Å². The van der Waals surface area contributed by atoms with Gasteiger partial charge in [0.1, 0.15) is 0 Å². The first-order valence-electron chi connectivity index (χ1n) is 6.71. The SMILES string of the molecule is CCCc1c(CNC2CC2)sc2c(Cl)cccc12. The Morgan fingerprint density at radius 1 is 1.39 bits per heavy atom. The molecule has 0 amide bonds. The summed E-state index contributed by atoms with van der Waals surface area (Å²) >= 11 is 8.17. The Morgan fingerprint density at radius 2 is 2.22 bits per heavy atom. The lowest BCUT2D eigenvalue weighted by Gasteiger charge is -2.04. The van der Waals surface area contributed by atoms with Gasteiger partial charge in [-0.25, -0.2) is 0 Å². The highest BCUT2D eigenvalue weighted by atomic mass is 35.5. The molecule has 0 radical (unpaired) electrons. The van der Waals surface area contributed by atoms with E-state index in [1.807, 2.05) is 17.4 Å². The smallest absolute Gasteiger partial charge is 0.0584 e. The molecule has 0 atom stereocenters. The molecule has 0 bridgehead atoms. The van der Waals surface area contributed by atoms with Gasteiger partial charge in [0.2, 0.25) is 0 Å². The Kier molecular flexibility index (Phi) is 3.60. The van der Waals surface area contributed by atoms with Gasteiger partial charge in [0.25, 0.3) is 0 Å². The van der Waals surface area contributed by atoms with E-state index in [0.717, 1.165) is 24.0 Å². The first kappa shape index (κ1) is 12.5. The minimum atomic E-state index is 0.764. The van der Waals surface area contributed by atoms with Crippen LogP contribution in [-0.2, 0) is 13.0 Å². The standard InChI is InChI=1S/C15H18ClNS/c1-2-4-11-12-5-3-6-13(16)15(12)18-14(11)9-17-10-7-8-10/h3,5-6,10,17H,2,4,7-9H2,1H3. The fourth-order valence-corrected chi connectivity index (χ4v) is 3.87. The molecular weight excluding hydrogens is 262 g/mol. The molecule has 1 N–H and O–H groups in total. The van der Waals surface area contributed by atoms with Gasteiger partial charge in [-0.05, 0) is 36.3 Å². The zero-order valence-corrected chi connectivity index (χ0v) is 12.2. The van der Waals surface area contributed by atoms with Crippen molar-refractivity contribution in [3.63, 3.8) is 0 Å². The number of nitrogens with one attached hydrogen (secondary N) is 1. The van der Waals surface area contributed by atoms with Crippen LogP contribution in [0.3, 0.4) is 0 Å². The summed E-state index contributed by atoms with van der Waals surface area (Å²) in [5.41, 5.74) is 1.51. The lowest BCUT2D eigenvalue weighted by Crippen LogP contribution is -2.15. The molecule has 0 spiro atoms. The van der Waals surface area contributed by atoms with Gasteiger partial charge in [0.15, 0.2) is 0 Å². The molecule has 0 aliphatic heterocycles. The molecule has 1 aromatic heterocycles. The molecule has 2 aromatic rings. The van der Waals surface area contributed by atoms with Crippen molar-refractivity contribution in [3.05, 3.63) is 33.7 Å². The van der Waals surface area contributed by atoms with E-state index in [0.29, 0.717) is 0 Å². The fourth-order valence-electron chi connectivity index (χ4n) is 2.38. The Morgan fingerprint density at radius 3 is 2.94 bits per heavy atom. The van der Waals surface area contributed by atoms with E-state index in [1.54, 1.807) is 0 Å². The van der Waals surface area contributed by atoms with Crippen LogP contribution in [0.15, 0.2) is 18.2 Å². The third-order valence-corrected chi connectivity index (χ3v) is 5.19. The summed E-state index contributed by atoms with van der Waals surface area (Å²) in [6.07, 6.45) is 5.03. The average Bonchev–Trinajstić information content (AvgIpc) is 3.12. The van der Waals surface area contributed by atoms with E-state index in [9.17, 15) is 0 Å². The summed E-state index contributed by atoms with van der Waals surface area (Å²) in [6.45, 7) is 3.25. The summed E-state index contributed by atoms with van der Waals surface area (Å²) in [7, 11) is 0. The van der Waals surface area contributed by atoms with Crippen molar-refractivity contribution in [2.75, 3.05) is 0 Å². The second kappa shape index (κ2) is 5.20. The van der Waals surface area contributed by atoms with Crippen LogP contribution in [-0.4, -0.2) is 6.04 Å². The normalized spacial score (nSPS) is 15.4. The topological polar surface area (TPSA) is 12.0 Å². The summed E-state index contributed by atoms with van der Waals surface area (Å²) in [6, 6.07) is 7.03. The van der Waals surface area contributed by atoms with Crippen LogP contribution < -0.4 is 5.32 Å². The van der Waals surface area contributed by atoms with Crippen molar-refractivity contribution in [1.82, 2.24) is 5.32 Å². The van der Waals surface area contributed by atoms with E-state index in [-0.39, 0.29) is 0 Å². The van der Waals surface area contributed by atoms with Crippen molar-refractivity contribution in [2.24, 2.45) is 0 Å². The fraction of sp³-hybridized carbons (Fsp3) is 0.467. The molecule has 0 saturated heterocycles. The second-order valence-corrected chi connectivity index (χ2v) is 6.54. The van der Waals surface area contributed by atoms with Crippen LogP contribution in [0.1, 0.15) is 36.6 Å². The molecular formula is C15H18ClNS. The number of thiophene rings is 1. The molecule has 0 unspecified atom stereocenters. The number of fused-ring (bicyclic) bond motifs is 1. The molecule has 1 aromatic carbocycles. The van der Waals surface area contributed by atoms with E-state index in [4.69, 9.17) is 11.6 Å². The Hall–Kier alpha value is -0.570. The molecule has 1 nitrogen and oxygen atoms in total. The third kappa shape index (κ3) is 2.42. The van der Waals surface area contributed by atoms with Gasteiger partial charge in [-0.15, -0.1) is 11.3 Å². The molecule has 18 heavy (non-hydrogen) atoms. The van der Waals surface area contributed by atoms with E-state index in [1.165, 1.54) is 39.8 Å². The van der Waals surface area contributed by atoms with Gasteiger partial charge in [0, 0.05) is 17.5 Å². The summed E-state index contributed by atoms with van der Waals surface area (Å²) in [5, 5.41) is 5.88. The van der Waals surface area contributed by atoms with Crippen LogP contribution in [0.2, 0.25) is 5.02 Å². The minimum absolute atomic E-state index is 0.764. The number of aryl methyl sites for hydroxylation is 1. The average molecular weight is 280 g/mol. The predicted molar refractivity (Wildman–Crippen MR) is 80.7 cm³/mol. The Balaban J connectivity index is 1.98. The van der Waals surface area contributed by atoms with E-state index >= 15 is 0 Å². The molecule has 1 aliphatic rings. The van der Waals surface area contributed by atoms with Crippen molar-refractivity contribution >= 4 is 33.0 Å². The van der Waals surface area contributed by atoms with Gasteiger partial charge >= 0.3 is 0 Å². The van der Waals surface area contributed by atoms with Gasteiger partial charge < -0.3 is 5.32 Å². The van der Waals surface area contributed by atoms with Gasteiger partial charge in [0.05, 0.1) is 9.72 Å². The number of rotatable bonds is 5. The minimum Gasteiger partial charge on any atom is -0.309 e. The lowest BCUT2D eigenvalue weighted by molar-refractivity contribution is 0.690. The summed E-state index contributed by atoms with van der Waals surface area (Å²) in [5.74, 6) is 0. The molecule has 3 heteroatoms. The largest absolute Gasteiger partial charge is 0.309 e. The molecule has 96 valence electrons. The van der Waals surface area contributed by atoms with Gasteiger partial charge in [-0.2, -0.15) is 0 Å². The monoisotopic (exact) mass is 279 g/mol. The summed E-state index contributed by atoms with van der Waals surface area (Å²) < 4.78 is 1.26. The van der Waals surface area contributed by atoms with Crippen molar-refractivity contribution in [3.8, 4) is 0 Å². The predicted octanol–water partition coefficient (Wildman–Crippen LogP) is 4.76. The number of halogens is 1. The quantitative estimate of drug-likeness (QED) is 0.832. The molecule has 3 rings (SSSR count). The third-order valence-electron chi connectivity index (χ3n) is 3.48. The van der Waals surface area contributed by atoms with Crippen molar-refractivity contribution in [2.45, 2.75) is 45.2 Å². The summed E-state index contributed by atoms with van der Waals surface area (Å²) in [4.78, 5) is 1.48. The van der Waals surface area contributed by atoms with Gasteiger partial charge in [-0.3, -0.25) is 0 Å². The second-order valence-electron chi connectivity index (χ2n) is 5.03. The highest BCUT2D eigenvalue weighted by Crippen LogP contribution is 2.37. The molecule has 1 saturated carbocycles. The zero-order valence-electron chi connectivity index (χ0n) is 10.6. The number of benzene rings is 1. The zero-order chi connectivity index (χ0) is 12.5. The van der Waals surface area contributed by atoms with E-state index in [2.05, 4.69) is 24.4 Å².